The number of nitrogens with one attached hydrogen (secondary N) is 1. The van der Waals surface area contributed by atoms with Crippen LogP contribution in [-0.4, -0.2) is 39.3 Å². The molecule has 0 fully saturated rings. The molecule has 3 aromatic rings. The van der Waals surface area contributed by atoms with Crippen LogP contribution in [0.5, 0.6) is 17.2 Å². The van der Waals surface area contributed by atoms with Crippen molar-refractivity contribution in [1.82, 2.24) is 5.32 Å². The number of ether oxygens (including phenoxy) is 4. The van der Waals surface area contributed by atoms with Crippen LogP contribution in [0.3, 0.4) is 0 Å². The van der Waals surface area contributed by atoms with Crippen LogP contribution < -0.4 is 19.5 Å². The maximum atomic E-state index is 12.7. The van der Waals surface area contributed by atoms with Gasteiger partial charge in [0.2, 0.25) is 0 Å². The van der Waals surface area contributed by atoms with Crippen molar-refractivity contribution in [2.45, 2.75) is 19.9 Å². The van der Waals surface area contributed by atoms with Gasteiger partial charge in [-0.15, -0.1) is 0 Å². The van der Waals surface area contributed by atoms with Crippen LogP contribution in [-0.2, 0) is 14.3 Å². The van der Waals surface area contributed by atoms with Gasteiger partial charge in [0.15, 0.2) is 13.2 Å². The van der Waals surface area contributed by atoms with Gasteiger partial charge < -0.3 is 24.3 Å². The van der Waals surface area contributed by atoms with Crippen molar-refractivity contribution in [2.75, 3.05) is 27.4 Å². The summed E-state index contributed by atoms with van der Waals surface area (Å²) in [5.41, 5.74) is 3.55. The van der Waals surface area contributed by atoms with E-state index in [4.69, 9.17) is 18.9 Å². The highest BCUT2D eigenvalue weighted by Gasteiger charge is 2.19. The highest BCUT2D eigenvalue weighted by Crippen LogP contribution is 2.26. The van der Waals surface area contributed by atoms with Crippen molar-refractivity contribution in [2.24, 2.45) is 0 Å². The first-order chi connectivity index (χ1) is 16.4. The number of carbonyl (C=O) groups excluding carboxylic acids is 2. The second-order valence-electron chi connectivity index (χ2n) is 7.72. The third-order valence-electron chi connectivity index (χ3n) is 5.31. The van der Waals surface area contributed by atoms with Gasteiger partial charge in [-0.2, -0.15) is 0 Å². The number of hydrogen-bond donors (Lipinski definition) is 1. The lowest BCUT2D eigenvalue weighted by Gasteiger charge is -2.20. The van der Waals surface area contributed by atoms with Crippen molar-refractivity contribution in [1.29, 1.82) is 0 Å². The second-order valence-corrected chi connectivity index (χ2v) is 7.72. The van der Waals surface area contributed by atoms with Crippen LogP contribution in [0.2, 0.25) is 0 Å². The average molecular weight is 464 g/mol. The average Bonchev–Trinajstić information content (AvgIpc) is 2.86. The van der Waals surface area contributed by atoms with Crippen molar-refractivity contribution < 1.29 is 28.5 Å². The van der Waals surface area contributed by atoms with E-state index in [0.29, 0.717) is 17.2 Å². The van der Waals surface area contributed by atoms with E-state index < -0.39 is 24.5 Å². The molecule has 3 aromatic carbocycles. The number of methoxy groups -OCH3 is 2. The van der Waals surface area contributed by atoms with Gasteiger partial charge in [-0.3, -0.25) is 4.79 Å². The first-order valence-corrected chi connectivity index (χ1v) is 10.8. The first kappa shape index (κ1) is 24.6. The molecule has 7 nitrogen and oxygen atoms in total. The van der Waals surface area contributed by atoms with Gasteiger partial charge in [-0.05, 0) is 60.4 Å². The second kappa shape index (κ2) is 11.7. The minimum atomic E-state index is -0.622. The Balaban J connectivity index is 1.63. The third kappa shape index (κ3) is 6.51. The van der Waals surface area contributed by atoms with Crippen LogP contribution in [0.1, 0.15) is 28.3 Å². The van der Waals surface area contributed by atoms with Gasteiger partial charge in [0, 0.05) is 0 Å². The number of para-hydroxylation sites is 1. The lowest BCUT2D eigenvalue weighted by Crippen LogP contribution is -2.33. The molecule has 7 heteroatoms. The Morgan fingerprint density at radius 1 is 0.765 bits per heavy atom. The van der Waals surface area contributed by atoms with Crippen LogP contribution in [0.4, 0.5) is 0 Å². The molecule has 1 amide bonds. The number of aryl methyl sites for hydroxylation is 2. The predicted molar refractivity (Wildman–Crippen MR) is 128 cm³/mol. The fourth-order valence-corrected chi connectivity index (χ4v) is 3.50. The first-order valence-electron chi connectivity index (χ1n) is 10.8. The highest BCUT2D eigenvalue weighted by atomic mass is 16.6. The standard InChI is InChI=1S/C27H29NO6/c1-18-6-5-7-19(2)27(18)34-17-25(30)33-16-24(29)28-26(20-8-12-22(31-3)13-9-20)21-10-14-23(32-4)15-11-21/h5-15,26H,16-17H2,1-4H3,(H,28,29). The maximum absolute atomic E-state index is 12.7. The lowest BCUT2D eigenvalue weighted by molar-refractivity contribution is -0.150. The molecule has 0 spiro atoms. The summed E-state index contributed by atoms with van der Waals surface area (Å²) in [5.74, 6) is 1.01. The summed E-state index contributed by atoms with van der Waals surface area (Å²) >= 11 is 0. The van der Waals surface area contributed by atoms with E-state index >= 15 is 0 Å². The Morgan fingerprint density at radius 3 is 1.74 bits per heavy atom. The van der Waals surface area contributed by atoms with Crippen LogP contribution >= 0.6 is 0 Å². The minimum absolute atomic E-state index is 0.278. The molecule has 3 rings (SSSR count). The number of rotatable bonds is 10. The summed E-state index contributed by atoms with van der Waals surface area (Å²) in [5, 5.41) is 2.93. The van der Waals surface area contributed by atoms with Gasteiger partial charge in [0.05, 0.1) is 20.3 Å². The van der Waals surface area contributed by atoms with E-state index in [1.54, 1.807) is 14.2 Å². The monoisotopic (exact) mass is 463 g/mol. The van der Waals surface area contributed by atoms with E-state index in [-0.39, 0.29) is 6.61 Å². The maximum Gasteiger partial charge on any atom is 0.344 e. The summed E-state index contributed by atoms with van der Waals surface area (Å²) in [6.07, 6.45) is 0. The van der Waals surface area contributed by atoms with E-state index in [1.807, 2.05) is 80.6 Å². The molecular formula is C27H29NO6. The predicted octanol–water partition coefficient (Wildman–Crippen LogP) is 4.15. The molecule has 0 saturated carbocycles. The van der Waals surface area contributed by atoms with Crippen LogP contribution in [0, 0.1) is 13.8 Å². The van der Waals surface area contributed by atoms with E-state index in [1.165, 1.54) is 0 Å². The molecule has 0 bridgehead atoms. The van der Waals surface area contributed by atoms with Crippen molar-refractivity contribution in [3.8, 4) is 17.2 Å². The number of amides is 1. The fourth-order valence-electron chi connectivity index (χ4n) is 3.50. The molecule has 1 N–H and O–H groups in total. The summed E-state index contributed by atoms with van der Waals surface area (Å²) in [6.45, 7) is 3.11. The zero-order valence-corrected chi connectivity index (χ0v) is 19.8. The minimum Gasteiger partial charge on any atom is -0.497 e. The van der Waals surface area contributed by atoms with Crippen molar-refractivity contribution in [3.05, 3.63) is 89.0 Å². The number of esters is 1. The number of hydrogen-bond acceptors (Lipinski definition) is 6. The highest BCUT2D eigenvalue weighted by molar-refractivity contribution is 5.81. The summed E-state index contributed by atoms with van der Waals surface area (Å²) in [7, 11) is 3.19. The van der Waals surface area contributed by atoms with Crippen LogP contribution in [0.15, 0.2) is 66.7 Å². The zero-order valence-electron chi connectivity index (χ0n) is 19.8. The van der Waals surface area contributed by atoms with Gasteiger partial charge in [0.25, 0.3) is 5.91 Å². The molecule has 178 valence electrons. The smallest absolute Gasteiger partial charge is 0.344 e. The van der Waals surface area contributed by atoms with Gasteiger partial charge in [-0.25, -0.2) is 4.79 Å². The van der Waals surface area contributed by atoms with Gasteiger partial charge in [-0.1, -0.05) is 42.5 Å². The van der Waals surface area contributed by atoms with Crippen molar-refractivity contribution >= 4 is 11.9 Å². The molecule has 0 aliphatic rings. The zero-order chi connectivity index (χ0) is 24.5. The van der Waals surface area contributed by atoms with Gasteiger partial charge in [0.1, 0.15) is 17.2 Å². The Hall–Kier alpha value is -4.00. The molecule has 0 saturated heterocycles. The summed E-state index contributed by atoms with van der Waals surface area (Å²) < 4.78 is 21.2. The molecular weight excluding hydrogens is 434 g/mol. The number of carbonyl (C=O) groups is 2. The van der Waals surface area contributed by atoms with Crippen molar-refractivity contribution in [3.63, 3.8) is 0 Å². The number of benzene rings is 3. The normalized spacial score (nSPS) is 10.5. The SMILES string of the molecule is COc1ccc(C(NC(=O)COC(=O)COc2c(C)cccc2C)c2ccc(OC)cc2)cc1. The fraction of sp³-hybridized carbons (Fsp3) is 0.259. The molecule has 0 aromatic heterocycles. The summed E-state index contributed by atoms with van der Waals surface area (Å²) in [6, 6.07) is 20.1. The molecule has 0 radical (unpaired) electrons. The molecule has 34 heavy (non-hydrogen) atoms. The van der Waals surface area contributed by atoms with Gasteiger partial charge >= 0.3 is 5.97 Å². The lowest BCUT2D eigenvalue weighted by atomic mass is 9.98. The Morgan fingerprint density at radius 2 is 1.26 bits per heavy atom. The molecule has 0 heterocycles. The summed E-state index contributed by atoms with van der Waals surface area (Å²) in [4.78, 5) is 24.8. The third-order valence-corrected chi connectivity index (χ3v) is 5.31. The van der Waals surface area contributed by atoms with E-state index in [9.17, 15) is 9.59 Å². The van der Waals surface area contributed by atoms with E-state index in [0.717, 1.165) is 22.3 Å². The Bertz CT molecular complexity index is 1040. The topological polar surface area (TPSA) is 83.1 Å². The molecule has 0 aliphatic carbocycles. The molecule has 0 unspecified atom stereocenters. The molecule has 0 aliphatic heterocycles. The quantitative estimate of drug-likeness (QED) is 0.455. The van der Waals surface area contributed by atoms with Crippen LogP contribution in [0.25, 0.3) is 0 Å². The largest absolute Gasteiger partial charge is 0.497 e. The Labute approximate surface area is 199 Å². The molecule has 0 atom stereocenters. The Kier molecular flexibility index (Phi) is 8.51. The van der Waals surface area contributed by atoms with E-state index in [2.05, 4.69) is 5.32 Å².